The van der Waals surface area contributed by atoms with E-state index in [0.29, 0.717) is 18.0 Å². The molecule has 1 aromatic heterocycles. The van der Waals surface area contributed by atoms with Gasteiger partial charge in [0.15, 0.2) is 0 Å². The Kier molecular flexibility index (Phi) is 5.45. The molecule has 0 aliphatic carbocycles. The molecular formula is C21H22FN3OS. The van der Waals surface area contributed by atoms with Gasteiger partial charge in [0.05, 0.1) is 21.8 Å². The van der Waals surface area contributed by atoms with Gasteiger partial charge in [0.1, 0.15) is 5.82 Å². The molecule has 1 amide bonds. The second-order valence-electron chi connectivity index (χ2n) is 6.94. The van der Waals surface area contributed by atoms with Gasteiger partial charge in [-0.2, -0.15) is 0 Å². The number of rotatable bonds is 5. The number of carbonyl (C=O) groups is 1. The number of nitrogens with zero attached hydrogens (tertiary/aromatic N) is 2. The number of thiazole rings is 1. The minimum absolute atomic E-state index is 0.0586. The fourth-order valence-corrected chi connectivity index (χ4v) is 4.63. The molecular weight excluding hydrogens is 361 g/mol. The van der Waals surface area contributed by atoms with Crippen molar-refractivity contribution in [2.75, 3.05) is 19.6 Å². The number of aromatic nitrogens is 1. The number of fused-ring (bicyclic) bond motifs is 1. The van der Waals surface area contributed by atoms with Gasteiger partial charge in [-0.3, -0.25) is 9.69 Å². The molecule has 2 aromatic carbocycles. The minimum Gasteiger partial charge on any atom is -0.351 e. The molecule has 1 N–H and O–H groups in total. The molecule has 0 saturated carbocycles. The van der Waals surface area contributed by atoms with Gasteiger partial charge in [-0.15, -0.1) is 11.3 Å². The van der Waals surface area contributed by atoms with E-state index < -0.39 is 0 Å². The van der Waals surface area contributed by atoms with E-state index in [0.717, 1.165) is 31.4 Å². The smallest absolute Gasteiger partial charge is 0.234 e. The average Bonchev–Trinajstić information content (AvgIpc) is 3.12. The van der Waals surface area contributed by atoms with Crippen LogP contribution in [-0.4, -0.2) is 35.4 Å². The highest BCUT2D eigenvalue weighted by atomic mass is 32.1. The molecule has 2 heterocycles. The van der Waals surface area contributed by atoms with E-state index in [-0.39, 0.29) is 18.3 Å². The highest BCUT2D eigenvalue weighted by Crippen LogP contribution is 2.33. The minimum atomic E-state index is -0.283. The van der Waals surface area contributed by atoms with Gasteiger partial charge in [0.2, 0.25) is 5.91 Å². The van der Waals surface area contributed by atoms with Gasteiger partial charge in [-0.25, -0.2) is 9.37 Å². The maximum atomic E-state index is 13.6. The Morgan fingerprint density at radius 3 is 2.67 bits per heavy atom. The molecule has 0 atom stereocenters. The molecule has 3 aromatic rings. The number of carbonyl (C=O) groups excluding carboxylic acids is 1. The van der Waals surface area contributed by atoms with Crippen molar-refractivity contribution < 1.29 is 9.18 Å². The number of nitrogens with one attached hydrogen (secondary N) is 1. The number of amides is 1. The van der Waals surface area contributed by atoms with Crippen molar-refractivity contribution in [2.24, 2.45) is 0 Å². The molecule has 4 nitrogen and oxygen atoms in total. The second kappa shape index (κ2) is 8.15. The lowest BCUT2D eigenvalue weighted by Crippen LogP contribution is -2.41. The first-order chi connectivity index (χ1) is 13.2. The lowest BCUT2D eigenvalue weighted by molar-refractivity contribution is -0.122. The Morgan fingerprint density at radius 2 is 1.89 bits per heavy atom. The molecule has 6 heteroatoms. The van der Waals surface area contributed by atoms with Crippen LogP contribution in [-0.2, 0) is 11.3 Å². The normalized spacial score (nSPS) is 15.9. The summed E-state index contributed by atoms with van der Waals surface area (Å²) in [7, 11) is 0. The molecule has 0 unspecified atom stereocenters. The Balaban J connectivity index is 1.26. The van der Waals surface area contributed by atoms with Gasteiger partial charge in [-0.1, -0.05) is 30.3 Å². The highest BCUT2D eigenvalue weighted by molar-refractivity contribution is 7.18. The largest absolute Gasteiger partial charge is 0.351 e. The van der Waals surface area contributed by atoms with Crippen LogP contribution in [0.5, 0.6) is 0 Å². The number of hydrogen-bond acceptors (Lipinski definition) is 4. The number of likely N-dealkylation sites (tertiary alicyclic amines) is 1. The maximum Gasteiger partial charge on any atom is 0.234 e. The standard InChI is InChI=1S/C21H22FN3OS/c22-17-6-2-1-5-16(17)13-23-20(26)14-25-11-9-15(10-12-25)21-24-18-7-3-4-8-19(18)27-21/h1-8,15H,9-14H2,(H,23,26). The van der Waals surface area contributed by atoms with Crippen molar-refractivity contribution in [1.29, 1.82) is 0 Å². The van der Waals surface area contributed by atoms with Crippen LogP contribution in [0.15, 0.2) is 48.5 Å². The molecule has 140 valence electrons. The zero-order valence-electron chi connectivity index (χ0n) is 15.0. The average molecular weight is 383 g/mol. The molecule has 0 radical (unpaired) electrons. The van der Waals surface area contributed by atoms with Crippen molar-refractivity contribution in [3.63, 3.8) is 0 Å². The van der Waals surface area contributed by atoms with Gasteiger partial charge < -0.3 is 5.32 Å². The summed E-state index contributed by atoms with van der Waals surface area (Å²) < 4.78 is 14.9. The van der Waals surface area contributed by atoms with E-state index in [4.69, 9.17) is 4.98 Å². The summed E-state index contributed by atoms with van der Waals surface area (Å²) in [6, 6.07) is 14.8. The third-order valence-corrected chi connectivity index (χ3v) is 6.25. The van der Waals surface area contributed by atoms with Crippen molar-refractivity contribution in [1.82, 2.24) is 15.2 Å². The van der Waals surface area contributed by atoms with Crippen molar-refractivity contribution in [3.05, 3.63) is 64.9 Å². The lowest BCUT2D eigenvalue weighted by Gasteiger charge is -2.30. The Bertz CT molecular complexity index is 901. The van der Waals surface area contributed by atoms with E-state index in [2.05, 4.69) is 22.3 Å². The molecule has 0 spiro atoms. The molecule has 4 rings (SSSR count). The lowest BCUT2D eigenvalue weighted by atomic mass is 9.97. The number of halogens is 1. The number of para-hydroxylation sites is 1. The maximum absolute atomic E-state index is 13.6. The van der Waals surface area contributed by atoms with Gasteiger partial charge in [0, 0.05) is 18.0 Å². The summed E-state index contributed by atoms with van der Waals surface area (Å²) in [5.74, 6) is 0.131. The van der Waals surface area contributed by atoms with Gasteiger partial charge in [-0.05, 0) is 44.1 Å². The van der Waals surface area contributed by atoms with E-state index in [1.807, 2.05) is 12.1 Å². The first kappa shape index (κ1) is 18.1. The second-order valence-corrected chi connectivity index (χ2v) is 8.00. The summed E-state index contributed by atoms with van der Waals surface area (Å²) in [5.41, 5.74) is 1.59. The van der Waals surface area contributed by atoms with Crippen LogP contribution in [0.1, 0.15) is 29.3 Å². The van der Waals surface area contributed by atoms with E-state index >= 15 is 0 Å². The van der Waals surface area contributed by atoms with Crippen LogP contribution in [0.4, 0.5) is 4.39 Å². The zero-order chi connectivity index (χ0) is 18.6. The SMILES string of the molecule is O=C(CN1CCC(c2nc3ccccc3s2)CC1)NCc1ccccc1F. The number of benzene rings is 2. The van der Waals surface area contributed by atoms with Crippen LogP contribution in [0.2, 0.25) is 0 Å². The van der Waals surface area contributed by atoms with Crippen LogP contribution < -0.4 is 5.32 Å². The molecule has 1 aliphatic heterocycles. The number of piperidine rings is 1. The molecule has 1 saturated heterocycles. The van der Waals surface area contributed by atoms with Crippen molar-refractivity contribution in [3.8, 4) is 0 Å². The van der Waals surface area contributed by atoms with Crippen LogP contribution in [0, 0.1) is 5.82 Å². The van der Waals surface area contributed by atoms with Crippen molar-refractivity contribution in [2.45, 2.75) is 25.3 Å². The monoisotopic (exact) mass is 383 g/mol. The van der Waals surface area contributed by atoms with Crippen LogP contribution in [0.3, 0.4) is 0 Å². The molecule has 1 aliphatic rings. The Morgan fingerprint density at radius 1 is 1.15 bits per heavy atom. The van der Waals surface area contributed by atoms with E-state index in [9.17, 15) is 9.18 Å². The molecule has 0 bridgehead atoms. The fourth-order valence-electron chi connectivity index (χ4n) is 3.50. The summed E-state index contributed by atoms with van der Waals surface area (Å²) in [6.07, 6.45) is 2.03. The summed E-state index contributed by atoms with van der Waals surface area (Å²) in [6.45, 7) is 2.36. The molecule has 1 fully saturated rings. The third kappa shape index (κ3) is 4.34. The predicted molar refractivity (Wildman–Crippen MR) is 106 cm³/mol. The number of hydrogen-bond donors (Lipinski definition) is 1. The highest BCUT2D eigenvalue weighted by Gasteiger charge is 2.24. The topological polar surface area (TPSA) is 45.2 Å². The first-order valence-electron chi connectivity index (χ1n) is 9.27. The van der Waals surface area contributed by atoms with Crippen LogP contribution >= 0.6 is 11.3 Å². The zero-order valence-corrected chi connectivity index (χ0v) is 15.8. The first-order valence-corrected chi connectivity index (χ1v) is 10.1. The summed E-state index contributed by atoms with van der Waals surface area (Å²) in [5, 5.41) is 4.03. The Hall–Kier alpha value is -2.31. The van der Waals surface area contributed by atoms with Crippen LogP contribution in [0.25, 0.3) is 10.2 Å². The summed E-state index contributed by atoms with van der Waals surface area (Å²) in [4.78, 5) is 19.1. The quantitative estimate of drug-likeness (QED) is 0.726. The van der Waals surface area contributed by atoms with Crippen molar-refractivity contribution >= 4 is 27.5 Å². The third-order valence-electron chi connectivity index (χ3n) is 5.05. The summed E-state index contributed by atoms with van der Waals surface area (Å²) >= 11 is 1.78. The van der Waals surface area contributed by atoms with Gasteiger partial charge in [0.25, 0.3) is 0 Å². The molecule has 27 heavy (non-hydrogen) atoms. The van der Waals surface area contributed by atoms with Gasteiger partial charge >= 0.3 is 0 Å². The fraction of sp³-hybridized carbons (Fsp3) is 0.333. The van der Waals surface area contributed by atoms with E-state index in [1.54, 1.807) is 29.5 Å². The Labute approximate surface area is 162 Å². The predicted octanol–water partition coefficient (Wildman–Crippen LogP) is 3.93. The van der Waals surface area contributed by atoms with E-state index in [1.165, 1.54) is 15.8 Å².